The average Bonchev–Trinajstić information content (AvgIpc) is 3.33. The Morgan fingerprint density at radius 2 is 1.44 bits per heavy atom. The molecular weight excluding hydrogens is 428 g/mol. The van der Waals surface area contributed by atoms with E-state index in [4.69, 9.17) is 11.6 Å². The molecule has 0 bridgehead atoms. The number of amides is 3. The third-order valence-electron chi connectivity index (χ3n) is 5.42. The molecule has 8 heteroatoms. The molecule has 1 fully saturated rings. The van der Waals surface area contributed by atoms with E-state index in [0.717, 1.165) is 4.90 Å². The number of nitrogens with one attached hydrogen (secondary N) is 1. The first kappa shape index (κ1) is 20.0. The number of imide groups is 1. The molecule has 2 atom stereocenters. The Morgan fingerprint density at radius 1 is 0.812 bits per heavy atom. The lowest BCUT2D eigenvalue weighted by Crippen LogP contribution is -2.39. The Bertz CT molecular complexity index is 1230. The van der Waals surface area contributed by atoms with Crippen LogP contribution in [-0.4, -0.2) is 29.5 Å². The molecule has 2 unspecified atom stereocenters. The quantitative estimate of drug-likeness (QED) is 0.622. The Kier molecular flexibility index (Phi) is 4.95. The molecule has 158 valence electrons. The van der Waals surface area contributed by atoms with Crippen molar-refractivity contribution in [3.05, 3.63) is 90.0 Å². The minimum atomic E-state index is -1.03. The highest BCUT2D eigenvalue weighted by atomic mass is 35.5. The number of halogens is 1. The number of hydrogen-bond donors (Lipinski definition) is 1. The van der Waals surface area contributed by atoms with Gasteiger partial charge in [0.05, 0.1) is 11.4 Å². The summed E-state index contributed by atoms with van der Waals surface area (Å²) in [5, 5.41) is 9.15. The molecule has 1 N–H and O–H groups in total. The van der Waals surface area contributed by atoms with Crippen LogP contribution in [0.1, 0.15) is 0 Å². The van der Waals surface area contributed by atoms with Gasteiger partial charge in [0.25, 0.3) is 11.8 Å². The lowest BCUT2D eigenvalue weighted by molar-refractivity contribution is -0.122. The number of nitrogens with zero attached hydrogens (tertiary/aromatic N) is 3. The maximum Gasteiger partial charge on any atom is 0.272 e. The van der Waals surface area contributed by atoms with Crippen LogP contribution in [0.4, 0.5) is 17.1 Å². The second-order valence-corrected chi connectivity index (χ2v) is 7.83. The molecule has 0 aliphatic carbocycles. The van der Waals surface area contributed by atoms with Crippen molar-refractivity contribution in [2.45, 2.75) is 6.04 Å². The summed E-state index contributed by atoms with van der Waals surface area (Å²) >= 11 is 5.96. The minimum absolute atomic E-state index is 0.00230. The zero-order valence-electron chi connectivity index (χ0n) is 16.7. The van der Waals surface area contributed by atoms with Gasteiger partial charge in [0.2, 0.25) is 5.91 Å². The normalized spacial score (nSPS) is 19.7. The van der Waals surface area contributed by atoms with Gasteiger partial charge in [-0.3, -0.25) is 19.4 Å². The lowest BCUT2D eigenvalue weighted by Gasteiger charge is -2.22. The third-order valence-corrected chi connectivity index (χ3v) is 5.67. The molecule has 1 saturated heterocycles. The van der Waals surface area contributed by atoms with E-state index in [0.29, 0.717) is 22.1 Å². The van der Waals surface area contributed by atoms with Crippen molar-refractivity contribution in [1.82, 2.24) is 0 Å². The Morgan fingerprint density at radius 3 is 2.09 bits per heavy atom. The van der Waals surface area contributed by atoms with Crippen LogP contribution in [0.3, 0.4) is 0 Å². The number of anilines is 3. The predicted molar refractivity (Wildman–Crippen MR) is 123 cm³/mol. The summed E-state index contributed by atoms with van der Waals surface area (Å²) < 4.78 is 0. The second-order valence-electron chi connectivity index (χ2n) is 7.40. The number of carbonyl (C=O) groups excluding carboxylic acids is 3. The van der Waals surface area contributed by atoms with E-state index in [1.54, 1.807) is 72.8 Å². The van der Waals surface area contributed by atoms with Crippen molar-refractivity contribution in [2.24, 2.45) is 11.0 Å². The van der Waals surface area contributed by atoms with Gasteiger partial charge in [0.1, 0.15) is 17.7 Å². The summed E-state index contributed by atoms with van der Waals surface area (Å²) in [6.07, 6.45) is 0. The SMILES string of the molecule is O=C(Nc1ccccc1)C1=NN(c2ccccc2)C2C(=O)N(c3ccc(Cl)cc3)C(=O)C12. The Hall–Kier alpha value is -3.97. The van der Waals surface area contributed by atoms with Crippen molar-refractivity contribution < 1.29 is 14.4 Å². The zero-order valence-corrected chi connectivity index (χ0v) is 17.4. The van der Waals surface area contributed by atoms with Crippen LogP contribution in [0.2, 0.25) is 5.02 Å². The second kappa shape index (κ2) is 7.94. The number of rotatable bonds is 4. The number of benzene rings is 3. The third kappa shape index (κ3) is 3.33. The molecule has 0 radical (unpaired) electrons. The lowest BCUT2D eigenvalue weighted by atomic mass is 9.97. The van der Waals surface area contributed by atoms with E-state index in [1.165, 1.54) is 5.01 Å². The summed E-state index contributed by atoms with van der Waals surface area (Å²) in [6, 6.07) is 23.4. The van der Waals surface area contributed by atoms with E-state index >= 15 is 0 Å². The molecule has 7 nitrogen and oxygen atoms in total. The van der Waals surface area contributed by atoms with Gasteiger partial charge in [-0.1, -0.05) is 48.0 Å². The van der Waals surface area contributed by atoms with Gasteiger partial charge in [0.15, 0.2) is 0 Å². The molecule has 2 heterocycles. The monoisotopic (exact) mass is 444 g/mol. The van der Waals surface area contributed by atoms with Crippen LogP contribution in [0, 0.1) is 5.92 Å². The fraction of sp³-hybridized carbons (Fsp3) is 0.0833. The van der Waals surface area contributed by atoms with Crippen LogP contribution >= 0.6 is 11.6 Å². The number of fused-ring (bicyclic) bond motifs is 1. The highest BCUT2D eigenvalue weighted by molar-refractivity contribution is 6.51. The summed E-state index contributed by atoms with van der Waals surface area (Å²) in [4.78, 5) is 41.0. The molecule has 5 rings (SSSR count). The molecule has 32 heavy (non-hydrogen) atoms. The predicted octanol–water partition coefficient (Wildman–Crippen LogP) is 3.71. The Labute approximate surface area is 188 Å². The summed E-state index contributed by atoms with van der Waals surface area (Å²) in [6.45, 7) is 0. The van der Waals surface area contributed by atoms with E-state index in [-0.39, 0.29) is 5.71 Å². The van der Waals surface area contributed by atoms with Crippen molar-refractivity contribution in [3.8, 4) is 0 Å². The standard InChI is InChI=1S/C24H17ClN4O3/c25-15-11-13-17(14-12-15)28-23(31)19-20(22(30)26-16-7-3-1-4-8-16)27-29(21(19)24(28)32)18-9-5-2-6-10-18/h1-14,19,21H,(H,26,30). The fourth-order valence-electron chi connectivity index (χ4n) is 3.96. The minimum Gasteiger partial charge on any atom is -0.321 e. The van der Waals surface area contributed by atoms with Crippen LogP contribution in [0.25, 0.3) is 0 Å². The molecule has 2 aliphatic rings. The molecule has 3 aromatic carbocycles. The van der Waals surface area contributed by atoms with Crippen molar-refractivity contribution in [3.63, 3.8) is 0 Å². The summed E-state index contributed by atoms with van der Waals surface area (Å²) in [7, 11) is 0. The summed E-state index contributed by atoms with van der Waals surface area (Å²) in [5.41, 5.74) is 1.58. The van der Waals surface area contributed by atoms with Crippen molar-refractivity contribution in [1.29, 1.82) is 0 Å². The van der Waals surface area contributed by atoms with E-state index in [2.05, 4.69) is 10.4 Å². The largest absolute Gasteiger partial charge is 0.321 e. The molecule has 3 amide bonds. The zero-order chi connectivity index (χ0) is 22.2. The van der Waals surface area contributed by atoms with Crippen LogP contribution in [-0.2, 0) is 14.4 Å². The summed E-state index contributed by atoms with van der Waals surface area (Å²) in [5.74, 6) is -2.49. The smallest absolute Gasteiger partial charge is 0.272 e. The van der Waals surface area contributed by atoms with E-state index in [9.17, 15) is 14.4 Å². The van der Waals surface area contributed by atoms with Crippen LogP contribution < -0.4 is 15.2 Å². The number of para-hydroxylation sites is 2. The first-order chi connectivity index (χ1) is 15.5. The highest BCUT2D eigenvalue weighted by Crippen LogP contribution is 2.38. The maximum absolute atomic E-state index is 13.4. The molecular formula is C24H17ClN4O3. The number of carbonyl (C=O) groups is 3. The van der Waals surface area contributed by atoms with Crippen LogP contribution in [0.5, 0.6) is 0 Å². The maximum atomic E-state index is 13.4. The van der Waals surface area contributed by atoms with Gasteiger partial charge in [-0.15, -0.1) is 0 Å². The van der Waals surface area contributed by atoms with Crippen molar-refractivity contribution >= 4 is 52.1 Å². The van der Waals surface area contributed by atoms with Gasteiger partial charge >= 0.3 is 0 Å². The van der Waals surface area contributed by atoms with Gasteiger partial charge in [-0.25, -0.2) is 4.90 Å². The molecule has 0 saturated carbocycles. The fourth-order valence-corrected chi connectivity index (χ4v) is 4.08. The topological polar surface area (TPSA) is 82.1 Å². The number of hydrazone groups is 1. The molecule has 3 aromatic rings. The van der Waals surface area contributed by atoms with E-state index in [1.807, 2.05) is 12.1 Å². The van der Waals surface area contributed by atoms with Gasteiger partial charge in [-0.2, -0.15) is 5.10 Å². The highest BCUT2D eigenvalue weighted by Gasteiger charge is 2.58. The van der Waals surface area contributed by atoms with Gasteiger partial charge in [0, 0.05) is 10.7 Å². The average molecular weight is 445 g/mol. The van der Waals surface area contributed by atoms with Crippen molar-refractivity contribution in [2.75, 3.05) is 15.2 Å². The first-order valence-electron chi connectivity index (χ1n) is 9.97. The first-order valence-corrected chi connectivity index (χ1v) is 10.3. The van der Waals surface area contributed by atoms with Gasteiger partial charge < -0.3 is 5.32 Å². The van der Waals surface area contributed by atoms with Crippen LogP contribution in [0.15, 0.2) is 90.0 Å². The van der Waals surface area contributed by atoms with E-state index < -0.39 is 29.7 Å². The van der Waals surface area contributed by atoms with Gasteiger partial charge in [-0.05, 0) is 48.5 Å². The Balaban J connectivity index is 1.55. The molecule has 2 aliphatic heterocycles. The molecule has 0 aromatic heterocycles. The number of hydrogen-bond acceptors (Lipinski definition) is 5. The molecule has 0 spiro atoms.